The van der Waals surface area contributed by atoms with Gasteiger partial charge in [-0.05, 0) is 48.4 Å². The van der Waals surface area contributed by atoms with Gasteiger partial charge in [0.2, 0.25) is 0 Å². The molecule has 2 aliphatic rings. The Morgan fingerprint density at radius 2 is 1.78 bits per heavy atom. The third kappa shape index (κ3) is 3.56. The number of piperidine rings is 1. The second-order valence-corrected chi connectivity index (χ2v) is 8.15. The van der Waals surface area contributed by atoms with E-state index in [-0.39, 0.29) is 5.91 Å². The van der Waals surface area contributed by atoms with Crippen molar-refractivity contribution >= 4 is 17.2 Å². The molecule has 1 aromatic carbocycles. The number of methoxy groups -OCH3 is 2. The van der Waals surface area contributed by atoms with Crippen LogP contribution in [0.5, 0.6) is 11.5 Å². The summed E-state index contributed by atoms with van der Waals surface area (Å²) in [4.78, 5) is 19.2. The first-order valence-corrected chi connectivity index (χ1v) is 10.4. The van der Waals surface area contributed by atoms with E-state index < -0.39 is 0 Å². The second kappa shape index (κ2) is 7.90. The largest absolute Gasteiger partial charge is 0.496 e. The standard InChI is InChI=1S/C21H26N2O3S/c1-25-17-4-3-5-18(26-2)20(17)21(24)22-10-6-16(7-11-22)23-12-8-19-15(14-23)9-13-27-19/h3-5,9,13,16H,6-8,10-12,14H2,1-2H3. The molecule has 0 bridgehead atoms. The van der Waals surface area contributed by atoms with Gasteiger partial charge in [0, 0.05) is 37.1 Å². The van der Waals surface area contributed by atoms with Gasteiger partial charge in [0.25, 0.3) is 5.91 Å². The summed E-state index contributed by atoms with van der Waals surface area (Å²) < 4.78 is 10.8. The predicted octanol–water partition coefficient (Wildman–Crippen LogP) is 3.43. The average Bonchev–Trinajstić information content (AvgIpc) is 3.20. The van der Waals surface area contributed by atoms with Gasteiger partial charge in [0.05, 0.1) is 14.2 Å². The number of carbonyl (C=O) groups excluding carboxylic acids is 1. The molecule has 6 heteroatoms. The van der Waals surface area contributed by atoms with Crippen LogP contribution in [0.2, 0.25) is 0 Å². The van der Waals surface area contributed by atoms with Gasteiger partial charge in [-0.1, -0.05) is 6.07 Å². The molecule has 0 unspecified atom stereocenters. The van der Waals surface area contributed by atoms with Gasteiger partial charge in [0.15, 0.2) is 0 Å². The number of rotatable bonds is 4. The number of nitrogens with zero attached hydrogens (tertiary/aromatic N) is 2. The number of amides is 1. The molecule has 0 aliphatic carbocycles. The molecule has 1 saturated heterocycles. The van der Waals surface area contributed by atoms with Crippen molar-refractivity contribution in [1.29, 1.82) is 0 Å². The van der Waals surface area contributed by atoms with Crippen LogP contribution in [0.15, 0.2) is 29.6 Å². The fourth-order valence-corrected chi connectivity index (χ4v) is 5.13. The minimum Gasteiger partial charge on any atom is -0.496 e. The highest BCUT2D eigenvalue weighted by Crippen LogP contribution is 2.32. The van der Waals surface area contributed by atoms with E-state index in [4.69, 9.17) is 9.47 Å². The number of fused-ring (bicyclic) bond motifs is 1. The molecule has 1 fully saturated rings. The van der Waals surface area contributed by atoms with Crippen molar-refractivity contribution in [3.63, 3.8) is 0 Å². The number of carbonyl (C=O) groups is 1. The Kier molecular flexibility index (Phi) is 5.36. The van der Waals surface area contributed by atoms with Crippen LogP contribution in [0.3, 0.4) is 0 Å². The third-order valence-corrected chi connectivity index (χ3v) is 6.77. The Morgan fingerprint density at radius 1 is 1.07 bits per heavy atom. The fraction of sp³-hybridized carbons (Fsp3) is 0.476. The number of likely N-dealkylation sites (tertiary alicyclic amines) is 1. The lowest BCUT2D eigenvalue weighted by atomic mass is 9.98. The smallest absolute Gasteiger partial charge is 0.261 e. The zero-order valence-corrected chi connectivity index (χ0v) is 16.8. The SMILES string of the molecule is COc1cccc(OC)c1C(=O)N1CCC(N2CCc3sccc3C2)CC1. The lowest BCUT2D eigenvalue weighted by Gasteiger charge is -2.40. The highest BCUT2D eigenvalue weighted by atomic mass is 32.1. The number of hydrogen-bond acceptors (Lipinski definition) is 5. The Morgan fingerprint density at radius 3 is 2.44 bits per heavy atom. The van der Waals surface area contributed by atoms with Gasteiger partial charge in [-0.3, -0.25) is 9.69 Å². The molecule has 0 radical (unpaired) electrons. The summed E-state index contributed by atoms with van der Waals surface area (Å²) in [5.74, 6) is 1.14. The molecule has 4 rings (SSSR count). The minimum absolute atomic E-state index is 0.00140. The van der Waals surface area contributed by atoms with E-state index >= 15 is 0 Å². The Bertz CT molecular complexity index is 789. The van der Waals surface area contributed by atoms with Crippen LogP contribution >= 0.6 is 11.3 Å². The van der Waals surface area contributed by atoms with Gasteiger partial charge in [-0.15, -0.1) is 11.3 Å². The van der Waals surface area contributed by atoms with E-state index in [2.05, 4.69) is 16.3 Å². The van der Waals surface area contributed by atoms with Crippen molar-refractivity contribution in [3.05, 3.63) is 45.6 Å². The summed E-state index contributed by atoms with van der Waals surface area (Å²) in [6.45, 7) is 3.74. The molecule has 5 nitrogen and oxygen atoms in total. The minimum atomic E-state index is 0.00140. The zero-order chi connectivity index (χ0) is 18.8. The maximum atomic E-state index is 13.1. The molecule has 2 aliphatic heterocycles. The first-order chi connectivity index (χ1) is 13.2. The molecule has 27 heavy (non-hydrogen) atoms. The fourth-order valence-electron chi connectivity index (χ4n) is 4.24. The van der Waals surface area contributed by atoms with E-state index in [0.29, 0.717) is 23.1 Å². The van der Waals surface area contributed by atoms with Crippen LogP contribution in [0.1, 0.15) is 33.6 Å². The van der Waals surface area contributed by atoms with E-state index in [0.717, 1.165) is 45.4 Å². The maximum Gasteiger partial charge on any atom is 0.261 e. The number of hydrogen-bond donors (Lipinski definition) is 0. The van der Waals surface area contributed by atoms with Gasteiger partial charge >= 0.3 is 0 Å². The Balaban J connectivity index is 1.42. The van der Waals surface area contributed by atoms with Crippen LogP contribution in [-0.4, -0.2) is 55.6 Å². The summed E-state index contributed by atoms with van der Waals surface area (Å²) in [5.41, 5.74) is 2.02. The highest BCUT2D eigenvalue weighted by Gasteiger charge is 2.31. The van der Waals surface area contributed by atoms with Crippen molar-refractivity contribution in [2.75, 3.05) is 33.9 Å². The molecule has 144 valence electrons. The van der Waals surface area contributed by atoms with Crippen molar-refractivity contribution in [2.24, 2.45) is 0 Å². The van der Waals surface area contributed by atoms with Crippen LogP contribution in [0.4, 0.5) is 0 Å². The van der Waals surface area contributed by atoms with E-state index in [1.54, 1.807) is 19.1 Å². The maximum absolute atomic E-state index is 13.1. The normalized spacial score (nSPS) is 18.2. The summed E-state index contributed by atoms with van der Waals surface area (Å²) in [6.07, 6.45) is 3.19. The molecular formula is C21H26N2O3S. The molecule has 2 aromatic rings. The van der Waals surface area contributed by atoms with E-state index in [1.165, 1.54) is 5.56 Å². The molecule has 1 amide bonds. The first-order valence-electron chi connectivity index (χ1n) is 9.51. The Hall–Kier alpha value is -2.05. The summed E-state index contributed by atoms with van der Waals surface area (Å²) in [5, 5.41) is 2.20. The van der Waals surface area contributed by atoms with E-state index in [1.807, 2.05) is 34.4 Å². The van der Waals surface area contributed by atoms with Gasteiger partial charge in [0.1, 0.15) is 17.1 Å². The summed E-state index contributed by atoms with van der Waals surface area (Å²) in [6, 6.07) is 8.29. The lowest BCUT2D eigenvalue weighted by molar-refractivity contribution is 0.0594. The van der Waals surface area contributed by atoms with Gasteiger partial charge < -0.3 is 14.4 Å². The predicted molar refractivity (Wildman–Crippen MR) is 107 cm³/mol. The number of benzene rings is 1. The monoisotopic (exact) mass is 386 g/mol. The molecule has 1 aromatic heterocycles. The lowest BCUT2D eigenvalue weighted by Crippen LogP contribution is -2.48. The first kappa shape index (κ1) is 18.3. The zero-order valence-electron chi connectivity index (χ0n) is 15.9. The molecule has 0 N–H and O–H groups in total. The van der Waals surface area contributed by atoms with Gasteiger partial charge in [-0.2, -0.15) is 0 Å². The van der Waals surface area contributed by atoms with Crippen molar-refractivity contribution in [2.45, 2.75) is 31.8 Å². The molecule has 0 spiro atoms. The Labute approximate surface area is 164 Å². The van der Waals surface area contributed by atoms with Crippen molar-refractivity contribution < 1.29 is 14.3 Å². The second-order valence-electron chi connectivity index (χ2n) is 7.15. The van der Waals surface area contributed by atoms with Crippen molar-refractivity contribution in [1.82, 2.24) is 9.80 Å². The van der Waals surface area contributed by atoms with Crippen LogP contribution < -0.4 is 9.47 Å². The quantitative estimate of drug-likeness (QED) is 0.807. The van der Waals surface area contributed by atoms with Crippen LogP contribution in [0.25, 0.3) is 0 Å². The average molecular weight is 387 g/mol. The molecule has 0 saturated carbocycles. The summed E-state index contributed by atoms with van der Waals surface area (Å²) in [7, 11) is 3.18. The molecule has 3 heterocycles. The molecular weight excluding hydrogens is 360 g/mol. The topological polar surface area (TPSA) is 42.0 Å². The number of ether oxygens (including phenoxy) is 2. The van der Waals surface area contributed by atoms with Gasteiger partial charge in [-0.25, -0.2) is 0 Å². The van der Waals surface area contributed by atoms with Crippen molar-refractivity contribution in [3.8, 4) is 11.5 Å². The number of thiophene rings is 1. The van der Waals surface area contributed by atoms with Crippen LogP contribution in [-0.2, 0) is 13.0 Å². The van der Waals surface area contributed by atoms with Crippen LogP contribution in [0, 0.1) is 0 Å². The molecule has 0 atom stereocenters. The third-order valence-electron chi connectivity index (χ3n) is 5.75. The highest BCUT2D eigenvalue weighted by molar-refractivity contribution is 7.10. The summed E-state index contributed by atoms with van der Waals surface area (Å²) >= 11 is 1.88. The van der Waals surface area contributed by atoms with E-state index in [9.17, 15) is 4.79 Å².